The summed E-state index contributed by atoms with van der Waals surface area (Å²) in [5, 5.41) is 10.0. The highest BCUT2D eigenvalue weighted by atomic mass is 16.3. The van der Waals surface area contributed by atoms with Gasteiger partial charge in [-0.1, -0.05) is 54.1 Å². The van der Waals surface area contributed by atoms with Gasteiger partial charge in [-0.15, -0.1) is 0 Å². The molecule has 2 aromatic carbocycles. The van der Waals surface area contributed by atoms with Crippen LogP contribution < -0.4 is 5.73 Å². The minimum atomic E-state index is -0.617. The van der Waals surface area contributed by atoms with E-state index < -0.39 is 5.91 Å². The molecule has 0 saturated carbocycles. The van der Waals surface area contributed by atoms with E-state index in [0.29, 0.717) is 12.0 Å². The highest BCUT2D eigenvalue weighted by molar-refractivity contribution is 5.95. The molecule has 102 valence electrons. The normalized spacial score (nSPS) is 11.3. The summed E-state index contributed by atoms with van der Waals surface area (Å²) in [6, 6.07) is 15.0. The molecule has 0 aliphatic carbocycles. The molecule has 0 spiro atoms. The molecule has 2 aromatic rings. The molecule has 3 heteroatoms. The topological polar surface area (TPSA) is 63.3 Å². The van der Waals surface area contributed by atoms with Gasteiger partial charge in [-0.25, -0.2) is 0 Å². The summed E-state index contributed by atoms with van der Waals surface area (Å²) in [4.78, 5) is 11.2. The lowest BCUT2D eigenvalue weighted by atomic mass is 10.0. The number of nitrogens with two attached hydrogens (primary N) is 1. The SMILES string of the molecule is C/C(=C/c1ccccc1)Cc1cccc(C(N)=O)c1O. The van der Waals surface area contributed by atoms with Crippen LogP contribution in [0.5, 0.6) is 5.75 Å². The average Bonchev–Trinajstić information content (AvgIpc) is 2.42. The number of para-hydroxylation sites is 1. The van der Waals surface area contributed by atoms with Crippen LogP contribution in [-0.2, 0) is 6.42 Å². The van der Waals surface area contributed by atoms with Gasteiger partial charge in [0.2, 0.25) is 0 Å². The van der Waals surface area contributed by atoms with Gasteiger partial charge in [0.15, 0.2) is 0 Å². The van der Waals surface area contributed by atoms with Crippen molar-refractivity contribution in [3.05, 3.63) is 70.8 Å². The fourth-order valence-corrected chi connectivity index (χ4v) is 2.12. The number of aromatic hydroxyl groups is 1. The molecule has 0 unspecified atom stereocenters. The average molecular weight is 267 g/mol. The van der Waals surface area contributed by atoms with Crippen molar-refractivity contribution in [3.63, 3.8) is 0 Å². The van der Waals surface area contributed by atoms with Crippen LogP contribution in [0.4, 0.5) is 0 Å². The number of rotatable bonds is 4. The first-order valence-electron chi connectivity index (χ1n) is 6.41. The summed E-state index contributed by atoms with van der Waals surface area (Å²) >= 11 is 0. The van der Waals surface area contributed by atoms with Crippen molar-refractivity contribution < 1.29 is 9.90 Å². The van der Waals surface area contributed by atoms with E-state index >= 15 is 0 Å². The predicted molar refractivity (Wildman–Crippen MR) is 80.4 cm³/mol. The molecule has 0 aromatic heterocycles. The Morgan fingerprint density at radius 2 is 1.85 bits per heavy atom. The second-order valence-electron chi connectivity index (χ2n) is 4.76. The Labute approximate surface area is 118 Å². The zero-order valence-electron chi connectivity index (χ0n) is 11.3. The third-order valence-electron chi connectivity index (χ3n) is 3.07. The summed E-state index contributed by atoms with van der Waals surface area (Å²) < 4.78 is 0. The molecule has 2 rings (SSSR count). The standard InChI is InChI=1S/C17H17NO2/c1-12(10-13-6-3-2-4-7-13)11-14-8-5-9-15(16(14)19)17(18)20/h2-10,19H,11H2,1H3,(H2,18,20)/b12-10-. The highest BCUT2D eigenvalue weighted by Gasteiger charge is 2.11. The van der Waals surface area contributed by atoms with Gasteiger partial charge in [0.05, 0.1) is 5.56 Å². The van der Waals surface area contributed by atoms with Crippen LogP contribution >= 0.6 is 0 Å². The molecule has 0 aliphatic rings. The van der Waals surface area contributed by atoms with Crippen LogP contribution in [0, 0.1) is 0 Å². The first kappa shape index (κ1) is 13.9. The van der Waals surface area contributed by atoms with Gasteiger partial charge in [0.25, 0.3) is 5.91 Å². The Bertz CT molecular complexity index is 645. The van der Waals surface area contributed by atoms with E-state index in [-0.39, 0.29) is 11.3 Å². The van der Waals surface area contributed by atoms with Gasteiger partial charge in [0, 0.05) is 0 Å². The number of phenols is 1. The maximum absolute atomic E-state index is 11.2. The van der Waals surface area contributed by atoms with Gasteiger partial charge in [-0.3, -0.25) is 4.79 Å². The maximum Gasteiger partial charge on any atom is 0.252 e. The van der Waals surface area contributed by atoms with Crippen LogP contribution in [-0.4, -0.2) is 11.0 Å². The lowest BCUT2D eigenvalue weighted by Crippen LogP contribution is -2.11. The van der Waals surface area contributed by atoms with Crippen LogP contribution in [0.1, 0.15) is 28.4 Å². The van der Waals surface area contributed by atoms with Crippen molar-refractivity contribution in [2.45, 2.75) is 13.3 Å². The molecule has 3 nitrogen and oxygen atoms in total. The largest absolute Gasteiger partial charge is 0.507 e. The van der Waals surface area contributed by atoms with Crippen molar-refractivity contribution in [1.82, 2.24) is 0 Å². The van der Waals surface area contributed by atoms with Crippen molar-refractivity contribution >= 4 is 12.0 Å². The quantitative estimate of drug-likeness (QED) is 0.893. The van der Waals surface area contributed by atoms with Crippen molar-refractivity contribution in [2.24, 2.45) is 5.73 Å². The van der Waals surface area contributed by atoms with Crippen molar-refractivity contribution in [2.75, 3.05) is 0 Å². The van der Waals surface area contributed by atoms with Crippen molar-refractivity contribution in [1.29, 1.82) is 0 Å². The molecule has 0 radical (unpaired) electrons. The number of benzene rings is 2. The molecule has 0 heterocycles. The number of hydrogen-bond acceptors (Lipinski definition) is 2. The molecule has 0 fully saturated rings. The Morgan fingerprint density at radius 1 is 1.15 bits per heavy atom. The van der Waals surface area contributed by atoms with Crippen molar-refractivity contribution in [3.8, 4) is 5.75 Å². The first-order chi connectivity index (χ1) is 9.58. The van der Waals surface area contributed by atoms with Crippen LogP contribution in [0.2, 0.25) is 0 Å². The molecule has 0 saturated heterocycles. The van der Waals surface area contributed by atoms with Gasteiger partial charge >= 0.3 is 0 Å². The first-order valence-corrected chi connectivity index (χ1v) is 6.41. The Hall–Kier alpha value is -2.55. The van der Waals surface area contributed by atoms with Gasteiger partial charge in [-0.2, -0.15) is 0 Å². The van der Waals surface area contributed by atoms with Gasteiger partial charge in [0.1, 0.15) is 5.75 Å². The number of carbonyl (C=O) groups is 1. The summed E-state index contributed by atoms with van der Waals surface area (Å²) in [6.45, 7) is 1.99. The number of carbonyl (C=O) groups excluding carboxylic acids is 1. The smallest absolute Gasteiger partial charge is 0.252 e. The Balaban J connectivity index is 2.24. The van der Waals surface area contributed by atoms with Crippen LogP contribution in [0.25, 0.3) is 6.08 Å². The Morgan fingerprint density at radius 3 is 2.50 bits per heavy atom. The van der Waals surface area contributed by atoms with Gasteiger partial charge in [-0.05, 0) is 30.5 Å². The lowest BCUT2D eigenvalue weighted by molar-refractivity contribution is 0.0997. The fourth-order valence-electron chi connectivity index (χ4n) is 2.12. The second-order valence-corrected chi connectivity index (χ2v) is 4.76. The van der Waals surface area contributed by atoms with E-state index in [9.17, 15) is 9.90 Å². The maximum atomic E-state index is 11.2. The van der Waals surface area contributed by atoms with E-state index in [4.69, 9.17) is 5.73 Å². The molecule has 3 N–H and O–H groups in total. The van der Waals surface area contributed by atoms with E-state index in [1.165, 1.54) is 6.07 Å². The summed E-state index contributed by atoms with van der Waals surface area (Å²) in [6.07, 6.45) is 2.62. The number of amides is 1. The van der Waals surface area contributed by atoms with E-state index in [0.717, 1.165) is 11.1 Å². The third-order valence-corrected chi connectivity index (χ3v) is 3.07. The Kier molecular flexibility index (Phi) is 4.20. The molecule has 0 bridgehead atoms. The van der Waals surface area contributed by atoms with Gasteiger partial charge < -0.3 is 10.8 Å². The van der Waals surface area contributed by atoms with Crippen LogP contribution in [0.3, 0.4) is 0 Å². The van der Waals surface area contributed by atoms with E-state index in [2.05, 4.69) is 6.08 Å². The fraction of sp³-hybridized carbons (Fsp3) is 0.118. The number of hydrogen-bond donors (Lipinski definition) is 2. The molecule has 0 aliphatic heterocycles. The molecule has 1 amide bonds. The third kappa shape index (κ3) is 3.26. The van der Waals surface area contributed by atoms with E-state index in [1.807, 2.05) is 37.3 Å². The van der Waals surface area contributed by atoms with E-state index in [1.54, 1.807) is 12.1 Å². The zero-order chi connectivity index (χ0) is 14.5. The number of primary amides is 1. The minimum Gasteiger partial charge on any atom is -0.507 e. The lowest BCUT2D eigenvalue weighted by Gasteiger charge is -2.08. The molecule has 20 heavy (non-hydrogen) atoms. The second kappa shape index (κ2) is 6.06. The molecule has 0 atom stereocenters. The zero-order valence-corrected chi connectivity index (χ0v) is 11.3. The summed E-state index contributed by atoms with van der Waals surface area (Å²) in [5.41, 5.74) is 8.28. The monoisotopic (exact) mass is 267 g/mol. The number of allylic oxidation sites excluding steroid dienone is 1. The summed E-state index contributed by atoms with van der Waals surface area (Å²) in [7, 11) is 0. The highest BCUT2D eigenvalue weighted by Crippen LogP contribution is 2.25. The molecular weight excluding hydrogens is 250 g/mol. The molecular formula is C17H17NO2. The summed E-state index contributed by atoms with van der Waals surface area (Å²) in [5.74, 6) is -0.644. The minimum absolute atomic E-state index is 0.0270. The van der Waals surface area contributed by atoms with Crippen LogP contribution in [0.15, 0.2) is 54.1 Å². The predicted octanol–water partition coefficient (Wildman–Crippen LogP) is 3.14.